The maximum atomic E-state index is 13.1. The van der Waals surface area contributed by atoms with Gasteiger partial charge in [-0.1, -0.05) is 0 Å². The van der Waals surface area contributed by atoms with Gasteiger partial charge in [0.15, 0.2) is 5.82 Å². The average Bonchev–Trinajstić information content (AvgIpc) is 2.82. The first-order chi connectivity index (χ1) is 9.75. The second kappa shape index (κ2) is 5.18. The molecular formula is C10H10FN5O4S. The lowest BCUT2D eigenvalue weighted by Crippen LogP contribution is -2.18. The first-order valence-electron chi connectivity index (χ1n) is 5.66. The zero-order chi connectivity index (χ0) is 15.8. The van der Waals surface area contributed by atoms with E-state index >= 15 is 0 Å². The Morgan fingerprint density at radius 2 is 2.10 bits per heavy atom. The maximum absolute atomic E-state index is 13.1. The molecule has 1 aromatic heterocycles. The number of nitrogens with two attached hydrogens (primary N) is 1. The van der Waals surface area contributed by atoms with E-state index in [2.05, 4.69) is 10.2 Å². The summed E-state index contributed by atoms with van der Waals surface area (Å²) >= 11 is 0. The smallest absolute Gasteiger partial charge is 0.283 e. The summed E-state index contributed by atoms with van der Waals surface area (Å²) in [6.07, 6.45) is 0. The Balaban J connectivity index is 2.74. The van der Waals surface area contributed by atoms with Crippen molar-refractivity contribution < 1.29 is 17.7 Å². The molecule has 0 aliphatic heterocycles. The van der Waals surface area contributed by atoms with Crippen LogP contribution in [0.3, 0.4) is 0 Å². The minimum Gasteiger partial charge on any atom is -0.297 e. The maximum Gasteiger partial charge on any atom is 0.283 e. The molecule has 0 bridgehead atoms. The lowest BCUT2D eigenvalue weighted by molar-refractivity contribution is -0.384. The highest BCUT2D eigenvalue weighted by molar-refractivity contribution is 7.89. The van der Waals surface area contributed by atoms with E-state index in [1.807, 2.05) is 0 Å². The third-order valence-corrected chi connectivity index (χ3v) is 3.50. The van der Waals surface area contributed by atoms with Gasteiger partial charge in [0.2, 0.25) is 0 Å². The highest BCUT2D eigenvalue weighted by atomic mass is 32.2. The monoisotopic (exact) mass is 315 g/mol. The molecule has 0 unspecified atom stereocenters. The molecule has 9 nitrogen and oxygen atoms in total. The normalized spacial score (nSPS) is 11.6. The van der Waals surface area contributed by atoms with E-state index < -0.39 is 31.6 Å². The Morgan fingerprint density at radius 1 is 1.43 bits per heavy atom. The SMILES string of the molecule is CCn1c(-c2ccc(F)cc2[N+](=O)[O-])nnc1S(N)(=O)=O. The summed E-state index contributed by atoms with van der Waals surface area (Å²) < 4.78 is 37.0. The van der Waals surface area contributed by atoms with Gasteiger partial charge in [-0.05, 0) is 19.1 Å². The number of aromatic nitrogens is 3. The van der Waals surface area contributed by atoms with Crippen LogP contribution >= 0.6 is 0 Å². The summed E-state index contributed by atoms with van der Waals surface area (Å²) in [6, 6.07) is 2.87. The summed E-state index contributed by atoms with van der Waals surface area (Å²) in [5.74, 6) is -0.868. The van der Waals surface area contributed by atoms with E-state index in [1.165, 1.54) is 0 Å². The molecule has 0 spiro atoms. The molecule has 0 saturated carbocycles. The van der Waals surface area contributed by atoms with Crippen molar-refractivity contribution in [3.05, 3.63) is 34.1 Å². The summed E-state index contributed by atoms with van der Waals surface area (Å²) in [4.78, 5) is 10.2. The van der Waals surface area contributed by atoms with Gasteiger partial charge in [-0.2, -0.15) is 0 Å². The molecule has 0 aliphatic carbocycles. The number of hydrogen-bond acceptors (Lipinski definition) is 6. The topological polar surface area (TPSA) is 134 Å². The Hall–Kier alpha value is -2.40. The molecule has 2 rings (SSSR count). The first-order valence-corrected chi connectivity index (χ1v) is 7.20. The number of rotatable bonds is 4. The molecule has 2 N–H and O–H groups in total. The van der Waals surface area contributed by atoms with Gasteiger partial charge in [-0.3, -0.25) is 14.7 Å². The number of sulfonamides is 1. The predicted molar refractivity (Wildman–Crippen MR) is 69.1 cm³/mol. The second-order valence-corrected chi connectivity index (χ2v) is 5.47. The molecule has 1 aromatic carbocycles. The lowest BCUT2D eigenvalue weighted by Gasteiger charge is -2.06. The number of nitrogens with zero attached hydrogens (tertiary/aromatic N) is 4. The molecule has 0 amide bonds. The Morgan fingerprint density at radius 3 is 2.62 bits per heavy atom. The summed E-state index contributed by atoms with van der Waals surface area (Å²) in [7, 11) is -4.13. The van der Waals surface area contributed by atoms with Gasteiger partial charge in [-0.15, -0.1) is 10.2 Å². The highest BCUT2D eigenvalue weighted by Crippen LogP contribution is 2.30. The van der Waals surface area contributed by atoms with Gasteiger partial charge in [0, 0.05) is 6.54 Å². The van der Waals surface area contributed by atoms with E-state index in [-0.39, 0.29) is 17.9 Å². The van der Waals surface area contributed by atoms with Gasteiger partial charge in [0.05, 0.1) is 16.6 Å². The average molecular weight is 315 g/mol. The van der Waals surface area contributed by atoms with Crippen LogP contribution in [0.1, 0.15) is 6.92 Å². The highest BCUT2D eigenvalue weighted by Gasteiger charge is 2.26. The summed E-state index contributed by atoms with van der Waals surface area (Å²) in [6.45, 7) is 1.71. The fourth-order valence-corrected chi connectivity index (χ4v) is 2.51. The van der Waals surface area contributed by atoms with Crippen molar-refractivity contribution in [3.8, 4) is 11.4 Å². The number of primary sulfonamides is 1. The second-order valence-electron chi connectivity index (χ2n) is 4.01. The third-order valence-electron chi connectivity index (χ3n) is 2.68. The van der Waals surface area contributed by atoms with Crippen molar-refractivity contribution in [3.63, 3.8) is 0 Å². The van der Waals surface area contributed by atoms with E-state index in [0.717, 1.165) is 22.8 Å². The summed E-state index contributed by atoms with van der Waals surface area (Å²) in [5, 5.41) is 22.5. The zero-order valence-corrected chi connectivity index (χ0v) is 11.5. The van der Waals surface area contributed by atoms with E-state index in [4.69, 9.17) is 5.14 Å². The molecule has 112 valence electrons. The lowest BCUT2D eigenvalue weighted by atomic mass is 10.1. The van der Waals surface area contributed by atoms with Crippen LogP contribution < -0.4 is 5.14 Å². The van der Waals surface area contributed by atoms with Crippen molar-refractivity contribution in [2.75, 3.05) is 0 Å². The van der Waals surface area contributed by atoms with Crippen molar-refractivity contribution in [2.45, 2.75) is 18.6 Å². The van der Waals surface area contributed by atoms with Crippen molar-refractivity contribution >= 4 is 15.7 Å². The largest absolute Gasteiger partial charge is 0.297 e. The third kappa shape index (κ3) is 2.73. The molecule has 0 aliphatic rings. The number of hydrogen-bond donors (Lipinski definition) is 1. The minimum atomic E-state index is -4.13. The fourth-order valence-electron chi connectivity index (χ4n) is 1.83. The number of nitro groups is 1. The van der Waals surface area contributed by atoms with Crippen LogP contribution in [0, 0.1) is 15.9 Å². The first kappa shape index (κ1) is 15.0. The van der Waals surface area contributed by atoms with Crippen LogP contribution in [0.5, 0.6) is 0 Å². The van der Waals surface area contributed by atoms with E-state index in [1.54, 1.807) is 6.92 Å². The van der Waals surface area contributed by atoms with E-state index in [9.17, 15) is 22.9 Å². The van der Waals surface area contributed by atoms with Crippen LogP contribution in [0.2, 0.25) is 0 Å². The molecule has 11 heteroatoms. The van der Waals surface area contributed by atoms with Crippen LogP contribution in [0.25, 0.3) is 11.4 Å². The van der Waals surface area contributed by atoms with Crippen LogP contribution in [0.15, 0.2) is 23.4 Å². The molecule has 1 heterocycles. The van der Waals surface area contributed by atoms with Crippen LogP contribution in [-0.2, 0) is 16.6 Å². The van der Waals surface area contributed by atoms with Crippen LogP contribution in [-0.4, -0.2) is 28.1 Å². The minimum absolute atomic E-state index is 0.0503. The Labute approximate surface area is 118 Å². The van der Waals surface area contributed by atoms with Gasteiger partial charge in [-0.25, -0.2) is 17.9 Å². The van der Waals surface area contributed by atoms with Crippen molar-refractivity contribution in [2.24, 2.45) is 5.14 Å². The van der Waals surface area contributed by atoms with Gasteiger partial charge in [0.25, 0.3) is 20.9 Å². The van der Waals surface area contributed by atoms with Crippen molar-refractivity contribution in [1.82, 2.24) is 14.8 Å². The van der Waals surface area contributed by atoms with Gasteiger partial charge < -0.3 is 0 Å². The predicted octanol–water partition coefficient (Wildman–Crippen LogP) is 0.660. The molecule has 0 radical (unpaired) electrons. The molecule has 2 aromatic rings. The quantitative estimate of drug-likeness (QED) is 0.650. The Bertz CT molecular complexity index is 817. The van der Waals surface area contributed by atoms with Crippen molar-refractivity contribution in [1.29, 1.82) is 0 Å². The summed E-state index contributed by atoms with van der Waals surface area (Å²) in [5.41, 5.74) is -0.594. The van der Waals surface area contributed by atoms with Gasteiger partial charge >= 0.3 is 0 Å². The zero-order valence-electron chi connectivity index (χ0n) is 10.7. The number of nitro benzene ring substituents is 1. The van der Waals surface area contributed by atoms with Crippen LogP contribution in [0.4, 0.5) is 10.1 Å². The fraction of sp³-hybridized carbons (Fsp3) is 0.200. The molecule has 0 fully saturated rings. The standard InChI is InChI=1S/C10H10FN5O4S/c1-2-15-9(13-14-10(15)21(12,19)20)7-4-3-6(11)5-8(7)16(17)18/h3-5H,2H2,1H3,(H2,12,19,20). The molecule has 21 heavy (non-hydrogen) atoms. The number of halogens is 1. The Kier molecular flexibility index (Phi) is 3.70. The number of benzene rings is 1. The van der Waals surface area contributed by atoms with E-state index in [0.29, 0.717) is 0 Å². The molecule has 0 atom stereocenters. The molecular weight excluding hydrogens is 305 g/mol. The molecule has 0 saturated heterocycles. The van der Waals surface area contributed by atoms with Gasteiger partial charge in [0.1, 0.15) is 5.82 Å².